The zero-order valence-electron chi connectivity index (χ0n) is 31.8. The molecule has 2 aromatic carbocycles. The number of carbonyl (C=O) groups excluding carboxylic acids is 2. The van der Waals surface area contributed by atoms with Crippen molar-refractivity contribution in [1.82, 2.24) is 10.6 Å². The molecule has 10 nitrogen and oxygen atoms in total. The highest BCUT2D eigenvalue weighted by molar-refractivity contribution is 6.47. The zero-order chi connectivity index (χ0) is 36.5. The molecule has 0 unspecified atom stereocenters. The first-order chi connectivity index (χ1) is 23.6. The van der Waals surface area contributed by atoms with Gasteiger partial charge >= 0.3 is 7.12 Å². The summed E-state index contributed by atoms with van der Waals surface area (Å²) in [4.78, 5) is 28.2. The van der Waals surface area contributed by atoms with Gasteiger partial charge in [0.15, 0.2) is 11.5 Å². The number of ether oxygens (including phenoxy) is 3. The molecule has 2 amide bonds. The minimum absolute atomic E-state index is 0.0195. The summed E-state index contributed by atoms with van der Waals surface area (Å²) in [7, 11) is 4.14. The third-order valence-corrected chi connectivity index (χ3v) is 11.5. The maximum absolute atomic E-state index is 14.3. The van der Waals surface area contributed by atoms with Gasteiger partial charge in [-0.15, -0.1) is 0 Å². The SMILES string of the molecule is COc1cc(C[C@H](Nc2cccc(C(C)C)c2)C(=O)N[C@H](CC(C)C)C(=O)N[C@@H](C)B2O[C@@H]3C[C@@H]4C[C@@H](C4(C)C)[C@]3(C)O2)cc(OC)c1OC. The summed E-state index contributed by atoms with van der Waals surface area (Å²) in [6, 6.07) is 10.3. The lowest BCUT2D eigenvalue weighted by atomic mass is 9.43. The summed E-state index contributed by atoms with van der Waals surface area (Å²) in [6.07, 6.45) is 2.92. The molecule has 0 aromatic heterocycles. The minimum atomic E-state index is -0.762. The Morgan fingerprint density at radius 1 is 0.900 bits per heavy atom. The molecule has 1 aliphatic heterocycles. The number of nitrogens with one attached hydrogen (secondary N) is 3. The molecule has 0 radical (unpaired) electrons. The van der Waals surface area contributed by atoms with Crippen LogP contribution in [0.5, 0.6) is 17.2 Å². The Morgan fingerprint density at radius 2 is 1.56 bits per heavy atom. The van der Waals surface area contributed by atoms with Gasteiger partial charge in [0.2, 0.25) is 17.6 Å². The molecule has 6 rings (SSSR count). The Kier molecular flexibility index (Phi) is 11.4. The number of anilines is 1. The van der Waals surface area contributed by atoms with E-state index in [2.05, 4.69) is 62.7 Å². The van der Waals surface area contributed by atoms with Crippen LogP contribution in [0.4, 0.5) is 5.69 Å². The van der Waals surface area contributed by atoms with E-state index in [4.69, 9.17) is 23.5 Å². The minimum Gasteiger partial charge on any atom is -0.493 e. The van der Waals surface area contributed by atoms with Crippen LogP contribution in [0.2, 0.25) is 0 Å². The Bertz CT molecular complexity index is 1510. The number of hydrogen-bond acceptors (Lipinski definition) is 8. The lowest BCUT2D eigenvalue weighted by molar-refractivity contribution is -0.199. The van der Waals surface area contributed by atoms with Crippen LogP contribution in [0.3, 0.4) is 0 Å². The molecular weight excluding hydrogens is 633 g/mol. The van der Waals surface area contributed by atoms with Gasteiger partial charge in [-0.2, -0.15) is 0 Å². The number of hydrogen-bond donors (Lipinski definition) is 3. The second-order valence-electron chi connectivity index (χ2n) is 16.0. The summed E-state index contributed by atoms with van der Waals surface area (Å²) in [5.74, 6) is 2.05. The first-order valence-electron chi connectivity index (χ1n) is 18.2. The molecule has 1 saturated heterocycles. The van der Waals surface area contributed by atoms with E-state index in [0.717, 1.165) is 29.7 Å². The topological polar surface area (TPSA) is 116 Å². The number of rotatable bonds is 15. The van der Waals surface area contributed by atoms with Gasteiger partial charge in [0.1, 0.15) is 12.1 Å². The molecule has 0 spiro atoms. The van der Waals surface area contributed by atoms with Crippen LogP contribution < -0.4 is 30.2 Å². The molecule has 4 fully saturated rings. The summed E-state index contributed by atoms with van der Waals surface area (Å²) < 4.78 is 29.8. The standard InChI is InChI=1S/C39H58BN3O7/c1-22(2)15-29(36(44)41-24(5)40-49-34-21-27-20-33(38(27,6)7)39(34,8)50-40)43-37(45)30(42-28-14-12-13-26(19-28)23(3)4)16-25-17-31(46-9)35(48-11)32(18-25)47-10/h12-14,17-19,22-24,27,29-30,33-34,42H,15-16,20-21H2,1-11H3,(H,41,44)(H,43,45)/t24-,27-,29+,30-,33-,34+,39-/m0/s1. The van der Waals surface area contributed by atoms with Gasteiger partial charge in [0.25, 0.3) is 0 Å². The highest BCUT2D eigenvalue weighted by Crippen LogP contribution is 2.65. The fourth-order valence-corrected chi connectivity index (χ4v) is 8.37. The van der Waals surface area contributed by atoms with Gasteiger partial charge in [0.05, 0.1) is 39.0 Å². The van der Waals surface area contributed by atoms with Gasteiger partial charge in [-0.25, -0.2) is 0 Å². The fraction of sp³-hybridized carbons (Fsp3) is 0.641. The van der Waals surface area contributed by atoms with E-state index in [1.165, 1.54) is 0 Å². The molecule has 3 aliphatic carbocycles. The van der Waals surface area contributed by atoms with Gasteiger partial charge in [0, 0.05) is 12.1 Å². The van der Waals surface area contributed by atoms with Crippen LogP contribution in [0.15, 0.2) is 36.4 Å². The first kappa shape index (κ1) is 37.8. The van der Waals surface area contributed by atoms with E-state index >= 15 is 0 Å². The maximum atomic E-state index is 14.3. The summed E-state index contributed by atoms with van der Waals surface area (Å²) >= 11 is 0. The molecule has 1 heterocycles. The Balaban J connectivity index is 1.34. The zero-order valence-corrected chi connectivity index (χ0v) is 31.8. The second kappa shape index (κ2) is 15.0. The van der Waals surface area contributed by atoms with Crippen molar-refractivity contribution in [3.63, 3.8) is 0 Å². The number of carbonyl (C=O) groups is 2. The Morgan fingerprint density at radius 3 is 2.14 bits per heavy atom. The average molecular weight is 692 g/mol. The summed E-state index contributed by atoms with van der Waals surface area (Å²) in [5.41, 5.74) is 2.63. The quantitative estimate of drug-likeness (QED) is 0.190. The van der Waals surface area contributed by atoms with Gasteiger partial charge in [-0.3, -0.25) is 9.59 Å². The summed E-state index contributed by atoms with van der Waals surface area (Å²) in [5, 5.41) is 9.70. The lowest BCUT2D eigenvalue weighted by Crippen LogP contribution is -2.65. The van der Waals surface area contributed by atoms with Gasteiger partial charge in [-0.05, 0) is 97.6 Å². The molecule has 3 N–H and O–H groups in total. The Labute approximate surface area is 299 Å². The second-order valence-corrected chi connectivity index (χ2v) is 16.0. The van der Waals surface area contributed by atoms with Crippen molar-refractivity contribution < 1.29 is 33.1 Å². The summed E-state index contributed by atoms with van der Waals surface area (Å²) in [6.45, 7) is 17.1. The normalized spacial score (nSPS) is 25.2. The highest BCUT2D eigenvalue weighted by Gasteiger charge is 2.68. The van der Waals surface area contributed by atoms with Crippen molar-refractivity contribution in [2.75, 3.05) is 26.6 Å². The van der Waals surface area contributed by atoms with Gasteiger partial charge in [-0.1, -0.05) is 53.7 Å². The predicted octanol–water partition coefficient (Wildman–Crippen LogP) is 6.16. The van der Waals surface area contributed by atoms with Crippen LogP contribution in [0.25, 0.3) is 0 Å². The molecular formula is C39H58BN3O7. The van der Waals surface area contributed by atoms with Crippen molar-refractivity contribution in [1.29, 1.82) is 0 Å². The van der Waals surface area contributed by atoms with E-state index in [1.54, 1.807) is 21.3 Å². The molecule has 274 valence electrons. The molecule has 7 atom stereocenters. The highest BCUT2D eigenvalue weighted by atomic mass is 16.7. The van der Waals surface area contributed by atoms with Crippen LogP contribution in [0, 0.1) is 23.2 Å². The van der Waals surface area contributed by atoms with E-state index in [9.17, 15) is 9.59 Å². The lowest BCUT2D eigenvalue weighted by Gasteiger charge is -2.64. The third-order valence-electron chi connectivity index (χ3n) is 11.5. The van der Waals surface area contributed by atoms with Gasteiger partial charge < -0.3 is 39.5 Å². The van der Waals surface area contributed by atoms with E-state index in [0.29, 0.717) is 47.8 Å². The molecule has 4 aliphatic rings. The van der Waals surface area contributed by atoms with Crippen molar-refractivity contribution in [2.24, 2.45) is 23.2 Å². The van der Waals surface area contributed by atoms with E-state index in [-0.39, 0.29) is 34.9 Å². The fourth-order valence-electron chi connectivity index (χ4n) is 8.37. The van der Waals surface area contributed by atoms with Crippen LogP contribution in [-0.4, -0.2) is 70.0 Å². The molecule has 2 aromatic rings. The number of benzene rings is 2. The van der Waals surface area contributed by atoms with Crippen molar-refractivity contribution in [2.45, 2.75) is 117 Å². The average Bonchev–Trinajstić information content (AvgIpc) is 3.44. The number of methoxy groups -OCH3 is 3. The molecule has 11 heteroatoms. The smallest absolute Gasteiger partial charge is 0.481 e. The molecule has 3 saturated carbocycles. The van der Waals surface area contributed by atoms with E-state index < -0.39 is 25.1 Å². The van der Waals surface area contributed by atoms with Crippen LogP contribution >= 0.6 is 0 Å². The molecule has 2 bridgehead atoms. The van der Waals surface area contributed by atoms with E-state index in [1.807, 2.05) is 45.0 Å². The van der Waals surface area contributed by atoms with Crippen LogP contribution in [0.1, 0.15) is 91.7 Å². The molecule has 50 heavy (non-hydrogen) atoms. The Hall–Kier alpha value is -3.44. The monoisotopic (exact) mass is 691 g/mol. The predicted molar refractivity (Wildman–Crippen MR) is 197 cm³/mol. The first-order valence-corrected chi connectivity index (χ1v) is 18.2. The van der Waals surface area contributed by atoms with Crippen molar-refractivity contribution in [3.05, 3.63) is 47.5 Å². The van der Waals surface area contributed by atoms with Crippen LogP contribution in [-0.2, 0) is 25.3 Å². The maximum Gasteiger partial charge on any atom is 0.481 e. The number of amides is 2. The van der Waals surface area contributed by atoms with Crippen molar-refractivity contribution >= 4 is 24.6 Å². The third kappa shape index (κ3) is 7.59. The largest absolute Gasteiger partial charge is 0.493 e. The van der Waals surface area contributed by atoms with Crippen molar-refractivity contribution in [3.8, 4) is 17.2 Å².